The van der Waals surface area contributed by atoms with Crippen molar-refractivity contribution in [2.24, 2.45) is 11.7 Å². The highest BCUT2D eigenvalue weighted by Crippen LogP contribution is 2.35. The summed E-state index contributed by atoms with van der Waals surface area (Å²) in [7, 11) is 0. The molecule has 1 fully saturated rings. The lowest BCUT2D eigenvalue weighted by Crippen LogP contribution is -2.41. The van der Waals surface area contributed by atoms with Crippen LogP contribution in [0.15, 0.2) is 24.3 Å². The van der Waals surface area contributed by atoms with Crippen LogP contribution >= 0.6 is 0 Å². The molecule has 3 rings (SSSR count). The van der Waals surface area contributed by atoms with E-state index in [-0.39, 0.29) is 5.60 Å². The first-order valence-corrected chi connectivity index (χ1v) is 8.01. The Morgan fingerprint density at radius 1 is 1.38 bits per heavy atom. The summed E-state index contributed by atoms with van der Waals surface area (Å²) >= 11 is 0. The van der Waals surface area contributed by atoms with Gasteiger partial charge in [0, 0.05) is 11.6 Å². The van der Waals surface area contributed by atoms with Crippen molar-refractivity contribution in [3.05, 3.63) is 35.4 Å². The maximum Gasteiger partial charge on any atom is 0.131 e. The van der Waals surface area contributed by atoms with Crippen molar-refractivity contribution in [2.75, 3.05) is 13.1 Å². The Balaban J connectivity index is 1.79. The van der Waals surface area contributed by atoms with Crippen LogP contribution in [-0.2, 0) is 6.42 Å². The second-order valence-electron chi connectivity index (χ2n) is 6.86. The number of hydrogen-bond acceptors (Lipinski definition) is 3. The van der Waals surface area contributed by atoms with Gasteiger partial charge in [-0.05, 0) is 63.8 Å². The van der Waals surface area contributed by atoms with Crippen LogP contribution in [0.5, 0.6) is 5.75 Å². The molecule has 2 unspecified atom stereocenters. The average Bonchev–Trinajstić information content (AvgIpc) is 2.47. The Morgan fingerprint density at radius 2 is 2.24 bits per heavy atom. The van der Waals surface area contributed by atoms with Crippen LogP contribution in [0.3, 0.4) is 0 Å². The van der Waals surface area contributed by atoms with Crippen LogP contribution in [0.2, 0.25) is 0 Å². The van der Waals surface area contributed by atoms with E-state index >= 15 is 0 Å². The van der Waals surface area contributed by atoms with Gasteiger partial charge in [0.25, 0.3) is 0 Å². The number of ether oxygens (including phenoxy) is 1. The van der Waals surface area contributed by atoms with Crippen LogP contribution in [0, 0.1) is 5.92 Å². The Kier molecular flexibility index (Phi) is 4.05. The first-order valence-electron chi connectivity index (χ1n) is 8.01. The molecule has 1 aromatic rings. The molecule has 1 aromatic carbocycles. The van der Waals surface area contributed by atoms with E-state index in [2.05, 4.69) is 49.5 Å². The molecule has 3 nitrogen and oxygen atoms in total. The van der Waals surface area contributed by atoms with Crippen LogP contribution in [0.1, 0.15) is 37.8 Å². The third-order valence-electron chi connectivity index (χ3n) is 4.56. The van der Waals surface area contributed by atoms with Crippen LogP contribution in [-0.4, -0.2) is 24.7 Å². The molecule has 21 heavy (non-hydrogen) atoms. The SMILES string of the molecule is CC1(C)C=Cc2cccc(CC3CC(CN)CCN3)c2O1. The van der Waals surface area contributed by atoms with Crippen molar-refractivity contribution in [3.63, 3.8) is 0 Å². The van der Waals surface area contributed by atoms with Gasteiger partial charge in [-0.25, -0.2) is 0 Å². The van der Waals surface area contributed by atoms with Crippen molar-refractivity contribution in [3.8, 4) is 5.75 Å². The fourth-order valence-electron chi connectivity index (χ4n) is 3.34. The number of piperidine rings is 1. The topological polar surface area (TPSA) is 47.3 Å². The fourth-order valence-corrected chi connectivity index (χ4v) is 3.34. The van der Waals surface area contributed by atoms with Crippen molar-refractivity contribution in [1.82, 2.24) is 5.32 Å². The minimum absolute atomic E-state index is 0.219. The first-order chi connectivity index (χ1) is 10.1. The summed E-state index contributed by atoms with van der Waals surface area (Å²) < 4.78 is 6.21. The lowest BCUT2D eigenvalue weighted by Gasteiger charge is -2.32. The Hall–Kier alpha value is -1.32. The molecule has 3 heteroatoms. The molecule has 2 aliphatic rings. The Bertz CT molecular complexity index is 536. The number of nitrogens with one attached hydrogen (secondary N) is 1. The molecule has 0 bridgehead atoms. The van der Waals surface area contributed by atoms with Crippen molar-refractivity contribution in [1.29, 1.82) is 0 Å². The second kappa shape index (κ2) is 5.82. The van der Waals surface area contributed by atoms with E-state index in [1.54, 1.807) is 0 Å². The van der Waals surface area contributed by atoms with Gasteiger partial charge >= 0.3 is 0 Å². The number of nitrogens with two attached hydrogens (primary N) is 1. The summed E-state index contributed by atoms with van der Waals surface area (Å²) in [6.07, 6.45) is 7.69. The van der Waals surface area contributed by atoms with E-state index in [1.165, 1.54) is 24.0 Å². The van der Waals surface area contributed by atoms with Gasteiger partial charge in [-0.15, -0.1) is 0 Å². The van der Waals surface area contributed by atoms with Gasteiger partial charge in [0.2, 0.25) is 0 Å². The predicted octanol–water partition coefficient (Wildman–Crippen LogP) is 2.74. The highest BCUT2D eigenvalue weighted by Gasteiger charge is 2.26. The molecule has 2 heterocycles. The minimum atomic E-state index is -0.219. The molecule has 2 atom stereocenters. The zero-order valence-electron chi connectivity index (χ0n) is 13.1. The Morgan fingerprint density at radius 3 is 3.05 bits per heavy atom. The normalized spacial score (nSPS) is 27.0. The smallest absolute Gasteiger partial charge is 0.131 e. The largest absolute Gasteiger partial charge is 0.483 e. The van der Waals surface area contributed by atoms with Gasteiger partial charge < -0.3 is 15.8 Å². The van der Waals surface area contributed by atoms with Gasteiger partial charge in [0.1, 0.15) is 11.4 Å². The highest BCUT2D eigenvalue weighted by atomic mass is 16.5. The highest BCUT2D eigenvalue weighted by molar-refractivity contribution is 5.63. The van der Waals surface area contributed by atoms with Crippen LogP contribution in [0.25, 0.3) is 6.08 Å². The van der Waals surface area contributed by atoms with E-state index < -0.39 is 0 Å². The molecular weight excluding hydrogens is 260 g/mol. The third-order valence-corrected chi connectivity index (χ3v) is 4.56. The lowest BCUT2D eigenvalue weighted by atomic mass is 9.88. The van der Waals surface area contributed by atoms with Gasteiger partial charge in [-0.1, -0.05) is 24.3 Å². The van der Waals surface area contributed by atoms with Crippen molar-refractivity contribution < 1.29 is 4.74 Å². The summed E-state index contributed by atoms with van der Waals surface area (Å²) in [5.41, 5.74) is 8.12. The summed E-state index contributed by atoms with van der Waals surface area (Å²) in [4.78, 5) is 0. The number of benzene rings is 1. The quantitative estimate of drug-likeness (QED) is 0.898. The first kappa shape index (κ1) is 14.6. The zero-order chi connectivity index (χ0) is 14.9. The zero-order valence-corrected chi connectivity index (χ0v) is 13.1. The number of rotatable bonds is 3. The molecule has 0 spiro atoms. The molecule has 114 valence electrons. The molecule has 0 aromatic heterocycles. The maximum atomic E-state index is 6.21. The third kappa shape index (κ3) is 3.30. The predicted molar refractivity (Wildman–Crippen MR) is 87.5 cm³/mol. The Labute approximate surface area is 127 Å². The lowest BCUT2D eigenvalue weighted by molar-refractivity contribution is 0.156. The van der Waals surface area contributed by atoms with Crippen LogP contribution in [0.4, 0.5) is 0 Å². The molecule has 2 aliphatic heterocycles. The van der Waals surface area contributed by atoms with Crippen molar-refractivity contribution >= 4 is 6.08 Å². The monoisotopic (exact) mass is 286 g/mol. The summed E-state index contributed by atoms with van der Waals surface area (Å²) in [6, 6.07) is 6.96. The van der Waals surface area contributed by atoms with Gasteiger partial charge in [-0.3, -0.25) is 0 Å². The second-order valence-corrected chi connectivity index (χ2v) is 6.86. The van der Waals surface area contributed by atoms with E-state index in [9.17, 15) is 0 Å². The number of fused-ring (bicyclic) bond motifs is 1. The molecule has 1 saturated heterocycles. The van der Waals surface area contributed by atoms with E-state index in [4.69, 9.17) is 10.5 Å². The van der Waals surface area contributed by atoms with Gasteiger partial charge in [0.05, 0.1) is 0 Å². The van der Waals surface area contributed by atoms with Crippen LogP contribution < -0.4 is 15.8 Å². The van der Waals surface area contributed by atoms with E-state index in [0.717, 1.165) is 25.3 Å². The summed E-state index contributed by atoms with van der Waals surface area (Å²) in [5.74, 6) is 1.72. The van der Waals surface area contributed by atoms with Crippen molar-refractivity contribution in [2.45, 2.75) is 44.8 Å². The van der Waals surface area contributed by atoms with Gasteiger partial charge in [-0.2, -0.15) is 0 Å². The number of hydrogen-bond donors (Lipinski definition) is 2. The molecule has 0 saturated carbocycles. The minimum Gasteiger partial charge on any atom is -0.483 e. The fraction of sp³-hybridized carbons (Fsp3) is 0.556. The molecule has 3 N–H and O–H groups in total. The molecule has 0 radical (unpaired) electrons. The maximum absolute atomic E-state index is 6.21. The molecule has 0 aliphatic carbocycles. The number of para-hydroxylation sites is 1. The molecular formula is C18H26N2O. The van der Waals surface area contributed by atoms with E-state index in [1.807, 2.05) is 0 Å². The standard InChI is InChI=1S/C18H26N2O/c1-18(2)8-6-14-4-3-5-15(17(14)21-18)11-16-10-13(12-19)7-9-20-16/h3-6,8,13,16,20H,7,9-12,19H2,1-2H3. The summed E-state index contributed by atoms with van der Waals surface area (Å²) in [5, 5.41) is 3.63. The van der Waals surface area contributed by atoms with E-state index in [0.29, 0.717) is 12.0 Å². The molecule has 0 amide bonds. The van der Waals surface area contributed by atoms with Gasteiger partial charge in [0.15, 0.2) is 0 Å². The summed E-state index contributed by atoms with van der Waals surface area (Å²) in [6.45, 7) is 6.09. The average molecular weight is 286 g/mol.